The van der Waals surface area contributed by atoms with Crippen molar-refractivity contribution in [2.24, 2.45) is 4.40 Å². The van der Waals surface area contributed by atoms with Gasteiger partial charge in [-0.05, 0) is 33.8 Å². The topological polar surface area (TPSA) is 29.4 Å². The molecule has 0 aromatic heterocycles. The van der Waals surface area contributed by atoms with Crippen molar-refractivity contribution >= 4 is 16.7 Å². The molecule has 0 heterocycles. The summed E-state index contributed by atoms with van der Waals surface area (Å²) in [7, 11) is -1.58. The molecule has 0 spiro atoms. The van der Waals surface area contributed by atoms with E-state index in [2.05, 4.69) is 4.40 Å². The molecule has 0 saturated heterocycles. The van der Waals surface area contributed by atoms with Gasteiger partial charge < -0.3 is 0 Å². The van der Waals surface area contributed by atoms with Crippen LogP contribution < -0.4 is 0 Å². The molecule has 0 fully saturated rings. The van der Waals surface area contributed by atoms with E-state index in [0.29, 0.717) is 12.1 Å². The fourth-order valence-corrected chi connectivity index (χ4v) is 1.73. The van der Waals surface area contributed by atoms with Crippen LogP contribution in [0.1, 0.15) is 33.3 Å². The van der Waals surface area contributed by atoms with Gasteiger partial charge in [0, 0.05) is 11.6 Å². The minimum atomic E-state index is -1.58. The first-order valence-electron chi connectivity index (χ1n) is 5.25. The van der Waals surface area contributed by atoms with Crippen molar-refractivity contribution in [1.82, 2.24) is 0 Å². The third-order valence-electron chi connectivity index (χ3n) is 2.14. The molecule has 0 aliphatic rings. The summed E-state index contributed by atoms with van der Waals surface area (Å²) in [5.41, 5.74) is -0.119. The molecular formula is C12H14F3NOS. The van der Waals surface area contributed by atoms with Crippen LogP contribution in [0.2, 0.25) is 0 Å². The summed E-state index contributed by atoms with van der Waals surface area (Å²) in [4.78, 5) is 0. The molecule has 1 aromatic carbocycles. The lowest BCUT2D eigenvalue weighted by Gasteiger charge is -2.14. The molecule has 0 aliphatic heterocycles. The van der Waals surface area contributed by atoms with Crippen LogP contribution in [0.15, 0.2) is 16.5 Å². The van der Waals surface area contributed by atoms with Crippen molar-refractivity contribution in [3.05, 3.63) is 35.1 Å². The van der Waals surface area contributed by atoms with Crippen LogP contribution in [0, 0.1) is 17.5 Å². The fraction of sp³-hybridized carbons (Fsp3) is 0.417. The van der Waals surface area contributed by atoms with Crippen molar-refractivity contribution in [2.75, 3.05) is 0 Å². The number of rotatable bonds is 2. The van der Waals surface area contributed by atoms with E-state index < -0.39 is 33.2 Å². The van der Waals surface area contributed by atoms with E-state index in [1.807, 2.05) is 0 Å². The van der Waals surface area contributed by atoms with Crippen LogP contribution in [0.3, 0.4) is 0 Å². The average Bonchev–Trinajstić information content (AvgIpc) is 2.21. The van der Waals surface area contributed by atoms with Crippen LogP contribution in [0.4, 0.5) is 13.2 Å². The normalized spacial score (nSPS) is 14.7. The largest absolute Gasteiger partial charge is 0.234 e. The lowest BCUT2D eigenvalue weighted by molar-refractivity contribution is 0.494. The predicted octanol–water partition coefficient (Wildman–Crippen LogP) is 3.38. The van der Waals surface area contributed by atoms with Crippen LogP contribution in [0.25, 0.3) is 0 Å². The summed E-state index contributed by atoms with van der Waals surface area (Å²) >= 11 is 0. The van der Waals surface area contributed by atoms with Crippen LogP contribution >= 0.6 is 0 Å². The average molecular weight is 277 g/mol. The van der Waals surface area contributed by atoms with Crippen molar-refractivity contribution < 1.29 is 17.4 Å². The SMILES string of the molecule is CC(=N[S@](=O)C(C)(C)C)c1cc(F)c(F)cc1F. The predicted molar refractivity (Wildman–Crippen MR) is 66.4 cm³/mol. The van der Waals surface area contributed by atoms with Gasteiger partial charge in [-0.15, -0.1) is 0 Å². The van der Waals surface area contributed by atoms with Gasteiger partial charge in [-0.3, -0.25) is 0 Å². The number of benzene rings is 1. The van der Waals surface area contributed by atoms with Crippen molar-refractivity contribution in [3.8, 4) is 0 Å². The Morgan fingerprint density at radius 1 is 1.11 bits per heavy atom. The zero-order valence-electron chi connectivity index (χ0n) is 10.6. The Hall–Kier alpha value is -1.17. The number of halogens is 3. The van der Waals surface area contributed by atoms with E-state index in [-0.39, 0.29) is 11.3 Å². The Balaban J connectivity index is 3.19. The van der Waals surface area contributed by atoms with Crippen molar-refractivity contribution in [3.63, 3.8) is 0 Å². The molecule has 0 bridgehead atoms. The monoisotopic (exact) mass is 277 g/mol. The Morgan fingerprint density at radius 2 is 1.61 bits per heavy atom. The summed E-state index contributed by atoms with van der Waals surface area (Å²) in [5.74, 6) is -3.36. The fourth-order valence-electron chi connectivity index (χ4n) is 1.11. The van der Waals surface area contributed by atoms with Crippen LogP contribution in [-0.4, -0.2) is 14.7 Å². The molecule has 1 rings (SSSR count). The molecule has 18 heavy (non-hydrogen) atoms. The first kappa shape index (κ1) is 14.9. The Kier molecular flexibility index (Phi) is 4.32. The third kappa shape index (κ3) is 3.41. The van der Waals surface area contributed by atoms with Gasteiger partial charge in [-0.1, -0.05) is 0 Å². The second-order valence-corrected chi connectivity index (χ2v) is 6.69. The zero-order valence-corrected chi connectivity index (χ0v) is 11.4. The van der Waals surface area contributed by atoms with Gasteiger partial charge in [0.2, 0.25) is 0 Å². The molecule has 0 saturated carbocycles. The van der Waals surface area contributed by atoms with Gasteiger partial charge in [0.05, 0.1) is 10.5 Å². The summed E-state index contributed by atoms with van der Waals surface area (Å²) < 4.78 is 54.2. The van der Waals surface area contributed by atoms with Crippen LogP contribution in [-0.2, 0) is 11.0 Å². The molecular weight excluding hydrogens is 263 g/mol. The Bertz CT molecular complexity index is 521. The van der Waals surface area contributed by atoms with E-state index in [9.17, 15) is 17.4 Å². The van der Waals surface area contributed by atoms with E-state index in [1.165, 1.54) is 6.92 Å². The smallest absolute Gasteiger partial charge is 0.161 e. The van der Waals surface area contributed by atoms with Gasteiger partial charge in [-0.2, -0.15) is 4.40 Å². The first-order valence-corrected chi connectivity index (χ1v) is 6.36. The molecule has 0 aliphatic carbocycles. The highest BCUT2D eigenvalue weighted by Gasteiger charge is 2.20. The highest BCUT2D eigenvalue weighted by Crippen LogP contribution is 2.17. The minimum absolute atomic E-state index is 0.0691. The number of nitrogens with zero attached hydrogens (tertiary/aromatic N) is 1. The van der Waals surface area contributed by atoms with E-state index in [4.69, 9.17) is 0 Å². The Morgan fingerprint density at radius 3 is 2.11 bits per heavy atom. The molecule has 0 N–H and O–H groups in total. The quantitative estimate of drug-likeness (QED) is 0.602. The molecule has 1 atom stereocenters. The minimum Gasteiger partial charge on any atom is -0.234 e. The molecule has 0 unspecified atom stereocenters. The molecule has 6 heteroatoms. The molecule has 0 amide bonds. The molecule has 1 aromatic rings. The maximum atomic E-state index is 13.4. The van der Waals surface area contributed by atoms with Gasteiger partial charge in [-0.25, -0.2) is 17.4 Å². The molecule has 100 valence electrons. The summed E-state index contributed by atoms with van der Waals surface area (Å²) in [6.45, 7) is 6.53. The second-order valence-electron chi connectivity index (χ2n) is 4.78. The van der Waals surface area contributed by atoms with Gasteiger partial charge in [0.25, 0.3) is 0 Å². The Labute approximate surface area is 107 Å². The standard InChI is InChI=1S/C12H14F3NOS/c1-7(16-18(17)12(2,3)4)8-5-10(14)11(15)6-9(8)13/h5-6H,1-4H3/t18-/m1/s1. The summed E-state index contributed by atoms with van der Waals surface area (Å²) in [5, 5.41) is 0. The lowest BCUT2D eigenvalue weighted by atomic mass is 10.1. The van der Waals surface area contributed by atoms with E-state index >= 15 is 0 Å². The zero-order chi connectivity index (χ0) is 14.1. The second kappa shape index (κ2) is 5.22. The van der Waals surface area contributed by atoms with E-state index in [0.717, 1.165) is 0 Å². The number of hydrogen-bond donors (Lipinski definition) is 0. The highest BCUT2D eigenvalue weighted by molar-refractivity contribution is 7.85. The lowest BCUT2D eigenvalue weighted by Crippen LogP contribution is -2.21. The molecule has 0 radical (unpaired) electrons. The third-order valence-corrected chi connectivity index (χ3v) is 3.63. The summed E-state index contributed by atoms with van der Waals surface area (Å²) in [6.07, 6.45) is 0. The van der Waals surface area contributed by atoms with Gasteiger partial charge >= 0.3 is 0 Å². The van der Waals surface area contributed by atoms with Crippen LogP contribution in [0.5, 0.6) is 0 Å². The van der Waals surface area contributed by atoms with Gasteiger partial charge in [0.15, 0.2) is 11.6 Å². The highest BCUT2D eigenvalue weighted by atomic mass is 32.2. The maximum Gasteiger partial charge on any atom is 0.161 e. The van der Waals surface area contributed by atoms with E-state index in [1.54, 1.807) is 20.8 Å². The summed E-state index contributed by atoms with van der Waals surface area (Å²) in [6, 6.07) is 1.16. The number of hydrogen-bond acceptors (Lipinski definition) is 1. The maximum absolute atomic E-state index is 13.4. The van der Waals surface area contributed by atoms with Crippen molar-refractivity contribution in [2.45, 2.75) is 32.4 Å². The molecule has 2 nitrogen and oxygen atoms in total. The van der Waals surface area contributed by atoms with Crippen molar-refractivity contribution in [1.29, 1.82) is 0 Å². The first-order chi connectivity index (χ1) is 8.12. The van der Waals surface area contributed by atoms with Gasteiger partial charge in [0.1, 0.15) is 16.8 Å².